The predicted molar refractivity (Wildman–Crippen MR) is 81.1 cm³/mol. The van der Waals surface area contributed by atoms with Gasteiger partial charge in [0.2, 0.25) is 0 Å². The lowest BCUT2D eigenvalue weighted by Crippen LogP contribution is -2.12. The summed E-state index contributed by atoms with van der Waals surface area (Å²) in [7, 11) is 0. The monoisotopic (exact) mass is 278 g/mol. The summed E-state index contributed by atoms with van der Waals surface area (Å²) < 4.78 is 5.59. The zero-order chi connectivity index (χ0) is 14.7. The fourth-order valence-corrected chi connectivity index (χ4v) is 2.01. The summed E-state index contributed by atoms with van der Waals surface area (Å²) in [5.41, 5.74) is 1.78. The molecule has 21 heavy (non-hydrogen) atoms. The third-order valence-corrected chi connectivity index (χ3v) is 3.02. The number of benzene rings is 1. The van der Waals surface area contributed by atoms with E-state index in [0.717, 1.165) is 11.3 Å². The summed E-state index contributed by atoms with van der Waals surface area (Å²) in [5, 5.41) is 2.72. The summed E-state index contributed by atoms with van der Waals surface area (Å²) in [5.74, 6) is 1.13. The molecular formula is C17H14N2O2. The number of aromatic nitrogens is 1. The molecule has 0 atom stereocenters. The molecule has 0 bridgehead atoms. The van der Waals surface area contributed by atoms with Gasteiger partial charge in [-0.3, -0.25) is 4.79 Å². The molecule has 104 valence electrons. The van der Waals surface area contributed by atoms with Gasteiger partial charge in [0.05, 0.1) is 0 Å². The van der Waals surface area contributed by atoms with E-state index < -0.39 is 0 Å². The van der Waals surface area contributed by atoms with Crippen LogP contribution in [0.1, 0.15) is 16.2 Å². The highest BCUT2D eigenvalue weighted by atomic mass is 16.3. The van der Waals surface area contributed by atoms with Gasteiger partial charge in [0, 0.05) is 11.3 Å². The average Bonchev–Trinajstić information content (AvgIpc) is 2.98. The zero-order valence-electron chi connectivity index (χ0n) is 11.5. The van der Waals surface area contributed by atoms with Gasteiger partial charge in [-0.05, 0) is 31.2 Å². The first-order valence-corrected chi connectivity index (χ1v) is 6.62. The van der Waals surface area contributed by atoms with E-state index in [1.165, 1.54) is 0 Å². The fourth-order valence-electron chi connectivity index (χ4n) is 2.01. The Kier molecular flexibility index (Phi) is 3.51. The van der Waals surface area contributed by atoms with Crippen molar-refractivity contribution in [3.05, 3.63) is 72.1 Å². The van der Waals surface area contributed by atoms with Crippen LogP contribution in [-0.2, 0) is 0 Å². The van der Waals surface area contributed by atoms with Crippen LogP contribution in [0, 0.1) is 6.92 Å². The highest BCUT2D eigenvalue weighted by Crippen LogP contribution is 2.22. The molecule has 0 saturated carbocycles. The zero-order valence-corrected chi connectivity index (χ0v) is 11.5. The van der Waals surface area contributed by atoms with Gasteiger partial charge in [-0.15, -0.1) is 0 Å². The van der Waals surface area contributed by atoms with Crippen LogP contribution < -0.4 is 5.32 Å². The van der Waals surface area contributed by atoms with Crippen LogP contribution in [0.3, 0.4) is 0 Å². The molecule has 0 aliphatic carbocycles. The Bertz CT molecular complexity index is 763. The molecule has 3 rings (SSSR count). The fraction of sp³-hybridized carbons (Fsp3) is 0.0588. The molecule has 0 spiro atoms. The van der Waals surface area contributed by atoms with Gasteiger partial charge in [0.25, 0.3) is 5.91 Å². The van der Waals surface area contributed by atoms with E-state index in [1.54, 1.807) is 18.2 Å². The van der Waals surface area contributed by atoms with E-state index in [4.69, 9.17) is 4.42 Å². The molecule has 0 saturated heterocycles. The number of anilines is 1. The van der Waals surface area contributed by atoms with Gasteiger partial charge in [-0.1, -0.05) is 36.4 Å². The van der Waals surface area contributed by atoms with Gasteiger partial charge in [0.15, 0.2) is 5.76 Å². The molecule has 0 unspecified atom stereocenters. The lowest BCUT2D eigenvalue weighted by molar-refractivity contribution is 0.0997. The van der Waals surface area contributed by atoms with Crippen molar-refractivity contribution in [2.45, 2.75) is 6.92 Å². The van der Waals surface area contributed by atoms with E-state index >= 15 is 0 Å². The Balaban J connectivity index is 1.78. The average molecular weight is 278 g/mol. The van der Waals surface area contributed by atoms with E-state index in [1.807, 2.05) is 49.4 Å². The van der Waals surface area contributed by atoms with Crippen molar-refractivity contribution >= 4 is 11.7 Å². The number of carbonyl (C=O) groups excluding carboxylic acids is 1. The van der Waals surface area contributed by atoms with Crippen molar-refractivity contribution < 1.29 is 9.21 Å². The van der Waals surface area contributed by atoms with Crippen LogP contribution in [0.4, 0.5) is 5.82 Å². The largest absolute Gasteiger partial charge is 0.451 e. The smallest absolute Gasteiger partial charge is 0.292 e. The number of furan rings is 1. The molecule has 3 aromatic rings. The van der Waals surface area contributed by atoms with E-state index in [2.05, 4.69) is 10.3 Å². The first kappa shape index (κ1) is 13.1. The van der Waals surface area contributed by atoms with E-state index in [0.29, 0.717) is 11.6 Å². The van der Waals surface area contributed by atoms with Gasteiger partial charge < -0.3 is 9.73 Å². The van der Waals surface area contributed by atoms with Crippen molar-refractivity contribution in [1.29, 1.82) is 0 Å². The lowest BCUT2D eigenvalue weighted by Gasteiger charge is -2.02. The van der Waals surface area contributed by atoms with Crippen LogP contribution >= 0.6 is 0 Å². The van der Waals surface area contributed by atoms with Gasteiger partial charge in [-0.25, -0.2) is 4.98 Å². The van der Waals surface area contributed by atoms with Gasteiger partial charge >= 0.3 is 0 Å². The Morgan fingerprint density at radius 1 is 1.00 bits per heavy atom. The number of amides is 1. The van der Waals surface area contributed by atoms with Gasteiger partial charge in [-0.2, -0.15) is 0 Å². The molecule has 4 heteroatoms. The quantitative estimate of drug-likeness (QED) is 0.790. The second-order valence-corrected chi connectivity index (χ2v) is 4.65. The first-order valence-electron chi connectivity index (χ1n) is 6.62. The second kappa shape index (κ2) is 5.63. The highest BCUT2D eigenvalue weighted by Gasteiger charge is 2.12. The summed E-state index contributed by atoms with van der Waals surface area (Å²) in [4.78, 5) is 16.4. The first-order chi connectivity index (χ1) is 10.2. The number of rotatable bonds is 3. The van der Waals surface area contributed by atoms with Crippen molar-refractivity contribution in [2.24, 2.45) is 0 Å². The van der Waals surface area contributed by atoms with Crippen molar-refractivity contribution in [3.63, 3.8) is 0 Å². The Morgan fingerprint density at radius 2 is 1.81 bits per heavy atom. The van der Waals surface area contributed by atoms with Crippen molar-refractivity contribution in [2.75, 3.05) is 5.32 Å². The third-order valence-electron chi connectivity index (χ3n) is 3.02. The standard InChI is InChI=1S/C17H14N2O2/c1-12-6-5-9-16(18-12)19-17(20)15-11-10-14(21-15)13-7-3-2-4-8-13/h2-11H,1H3,(H,18,19,20). The van der Waals surface area contributed by atoms with Crippen LogP contribution in [0.2, 0.25) is 0 Å². The molecule has 0 radical (unpaired) electrons. The van der Waals surface area contributed by atoms with Crippen LogP contribution in [0.5, 0.6) is 0 Å². The summed E-state index contributed by atoms with van der Waals surface area (Å²) in [6, 6.07) is 18.6. The molecule has 2 aromatic heterocycles. The molecular weight excluding hydrogens is 264 g/mol. The molecule has 0 fully saturated rings. The summed E-state index contributed by atoms with van der Waals surface area (Å²) >= 11 is 0. The number of hydrogen-bond acceptors (Lipinski definition) is 3. The Morgan fingerprint density at radius 3 is 2.57 bits per heavy atom. The Hall–Kier alpha value is -2.88. The third kappa shape index (κ3) is 3.00. The molecule has 1 amide bonds. The maximum atomic E-state index is 12.1. The number of nitrogens with one attached hydrogen (secondary N) is 1. The SMILES string of the molecule is Cc1cccc(NC(=O)c2ccc(-c3ccccc3)o2)n1. The number of hydrogen-bond donors (Lipinski definition) is 1. The van der Waals surface area contributed by atoms with Crippen LogP contribution in [0.25, 0.3) is 11.3 Å². The topological polar surface area (TPSA) is 55.1 Å². The minimum Gasteiger partial charge on any atom is -0.451 e. The molecule has 0 aliphatic rings. The number of aryl methyl sites for hydroxylation is 1. The Labute approximate surface area is 122 Å². The van der Waals surface area contributed by atoms with Gasteiger partial charge in [0.1, 0.15) is 11.6 Å². The number of pyridine rings is 1. The molecule has 4 nitrogen and oxygen atoms in total. The van der Waals surface area contributed by atoms with E-state index in [-0.39, 0.29) is 11.7 Å². The van der Waals surface area contributed by atoms with Crippen LogP contribution in [-0.4, -0.2) is 10.9 Å². The molecule has 2 heterocycles. The minimum absolute atomic E-state index is 0.261. The minimum atomic E-state index is -0.310. The van der Waals surface area contributed by atoms with Crippen molar-refractivity contribution in [3.8, 4) is 11.3 Å². The maximum absolute atomic E-state index is 12.1. The molecule has 1 aromatic carbocycles. The predicted octanol–water partition coefficient (Wildman–Crippen LogP) is 3.90. The van der Waals surface area contributed by atoms with Crippen LogP contribution in [0.15, 0.2) is 65.1 Å². The lowest BCUT2D eigenvalue weighted by atomic mass is 10.2. The molecule has 0 aliphatic heterocycles. The van der Waals surface area contributed by atoms with Crippen molar-refractivity contribution in [1.82, 2.24) is 4.98 Å². The normalized spacial score (nSPS) is 10.3. The highest BCUT2D eigenvalue weighted by molar-refractivity contribution is 6.02. The number of nitrogens with zero attached hydrogens (tertiary/aromatic N) is 1. The molecule has 1 N–H and O–H groups in total. The second-order valence-electron chi connectivity index (χ2n) is 4.65. The summed E-state index contributed by atoms with van der Waals surface area (Å²) in [6.07, 6.45) is 0. The maximum Gasteiger partial charge on any atom is 0.292 e. The number of carbonyl (C=O) groups is 1. The van der Waals surface area contributed by atoms with E-state index in [9.17, 15) is 4.79 Å². The summed E-state index contributed by atoms with van der Waals surface area (Å²) in [6.45, 7) is 1.87.